The quantitative estimate of drug-likeness (QED) is 0.509. The Morgan fingerprint density at radius 3 is 2.44 bits per heavy atom. The molecule has 0 radical (unpaired) electrons. The third-order valence-corrected chi connectivity index (χ3v) is 7.85. The van der Waals surface area contributed by atoms with E-state index < -0.39 is 5.60 Å². The van der Waals surface area contributed by atoms with E-state index in [2.05, 4.69) is 46.4 Å². The van der Waals surface area contributed by atoms with Gasteiger partial charge in [-0.1, -0.05) is 24.3 Å². The number of rotatable bonds is 7. The van der Waals surface area contributed by atoms with Crippen LogP contribution < -0.4 is 10.2 Å². The molecule has 3 heterocycles. The Bertz CT molecular complexity index is 1180. The van der Waals surface area contributed by atoms with Gasteiger partial charge < -0.3 is 19.7 Å². The first kappa shape index (κ1) is 27.2. The molecule has 3 aliphatic rings. The molecule has 1 aromatic heterocycles. The van der Waals surface area contributed by atoms with Crippen molar-refractivity contribution in [2.24, 2.45) is 5.92 Å². The molecule has 2 amide bonds. The zero-order valence-electron chi connectivity index (χ0n) is 23.8. The molecular weight excluding hydrogens is 494 g/mol. The van der Waals surface area contributed by atoms with Crippen molar-refractivity contribution in [3.63, 3.8) is 0 Å². The van der Waals surface area contributed by atoms with Gasteiger partial charge in [0.25, 0.3) is 0 Å². The van der Waals surface area contributed by atoms with Crippen molar-refractivity contribution in [3.05, 3.63) is 53.2 Å². The molecule has 1 N–H and O–H groups in total. The van der Waals surface area contributed by atoms with E-state index in [4.69, 9.17) is 9.47 Å². The van der Waals surface area contributed by atoms with Crippen LogP contribution in [0, 0.1) is 5.92 Å². The fourth-order valence-electron chi connectivity index (χ4n) is 5.39. The van der Waals surface area contributed by atoms with Gasteiger partial charge >= 0.3 is 12.2 Å². The van der Waals surface area contributed by atoms with E-state index in [0.29, 0.717) is 19.0 Å². The number of nitrogens with one attached hydrogen (secondary N) is 1. The minimum absolute atomic E-state index is 0.0609. The third-order valence-electron chi connectivity index (χ3n) is 7.85. The summed E-state index contributed by atoms with van der Waals surface area (Å²) in [5, 5.41) is 3.48. The summed E-state index contributed by atoms with van der Waals surface area (Å²) < 4.78 is 10.7. The highest BCUT2D eigenvalue weighted by molar-refractivity contribution is 5.90. The molecule has 1 aliphatic carbocycles. The van der Waals surface area contributed by atoms with Crippen LogP contribution in [0.4, 0.5) is 21.1 Å². The number of aromatic nitrogens is 1. The minimum Gasteiger partial charge on any atom is -0.444 e. The SMILES string of the molecule is C[C@H](Nc1cc2c(cn1)COC(=O)N2C)c1ccc(C(CN2CCN(C(=O)OC(C)(C)C)CC2)C2CC2)cc1. The number of nitrogens with zero attached hydrogens (tertiary/aromatic N) is 4. The number of carbonyl (C=O) groups is 2. The number of benzene rings is 1. The highest BCUT2D eigenvalue weighted by Crippen LogP contribution is 2.43. The van der Waals surface area contributed by atoms with Crippen molar-refractivity contribution in [1.29, 1.82) is 0 Å². The number of hydrogen-bond acceptors (Lipinski definition) is 7. The van der Waals surface area contributed by atoms with Gasteiger partial charge in [0.1, 0.15) is 18.0 Å². The smallest absolute Gasteiger partial charge is 0.414 e. The van der Waals surface area contributed by atoms with E-state index >= 15 is 0 Å². The molecule has 5 rings (SSSR count). The number of anilines is 2. The largest absolute Gasteiger partial charge is 0.444 e. The molecular formula is C30H41N5O4. The molecule has 1 aromatic carbocycles. The molecule has 1 saturated carbocycles. The normalized spacial score (nSPS) is 19.7. The summed E-state index contributed by atoms with van der Waals surface area (Å²) in [4.78, 5) is 34.7. The number of pyridine rings is 1. The van der Waals surface area contributed by atoms with Crippen LogP contribution >= 0.6 is 0 Å². The van der Waals surface area contributed by atoms with Crippen LogP contribution in [0.1, 0.15) is 69.2 Å². The van der Waals surface area contributed by atoms with Crippen LogP contribution in [0.3, 0.4) is 0 Å². The predicted octanol–water partition coefficient (Wildman–Crippen LogP) is 5.39. The van der Waals surface area contributed by atoms with Gasteiger partial charge in [-0.3, -0.25) is 9.80 Å². The lowest BCUT2D eigenvalue weighted by Crippen LogP contribution is -2.50. The Morgan fingerprint density at radius 1 is 1.13 bits per heavy atom. The molecule has 1 unspecified atom stereocenters. The molecule has 210 valence electrons. The number of cyclic esters (lactones) is 1. The second-order valence-electron chi connectivity index (χ2n) is 12.1. The average Bonchev–Trinajstić information content (AvgIpc) is 3.75. The van der Waals surface area contributed by atoms with Crippen molar-refractivity contribution in [2.45, 2.75) is 64.7 Å². The van der Waals surface area contributed by atoms with Crippen molar-refractivity contribution < 1.29 is 19.1 Å². The lowest BCUT2D eigenvalue weighted by molar-refractivity contribution is 0.0139. The van der Waals surface area contributed by atoms with Crippen LogP contribution in [0.25, 0.3) is 0 Å². The number of fused-ring (bicyclic) bond motifs is 1. The molecule has 2 aromatic rings. The number of carbonyl (C=O) groups excluding carboxylic acids is 2. The summed E-state index contributed by atoms with van der Waals surface area (Å²) in [6.45, 7) is 12.3. The standard InChI is InChI=1S/C30H41N5O4/c1-20(32-27-16-26-24(17-31-27)19-38-28(36)33(26)5)21-6-8-22(9-7-21)25(23-10-11-23)18-34-12-14-35(15-13-34)29(37)39-30(2,3)4/h6-9,16-17,20,23,25H,10-15,18-19H2,1-5H3,(H,31,32)/t20-,25?/m0/s1. The number of ether oxygens (including phenoxy) is 2. The fourth-order valence-corrected chi connectivity index (χ4v) is 5.39. The van der Waals surface area contributed by atoms with Gasteiger partial charge in [0.2, 0.25) is 0 Å². The van der Waals surface area contributed by atoms with Gasteiger partial charge in [0, 0.05) is 63.6 Å². The molecule has 0 spiro atoms. The molecule has 9 heteroatoms. The Morgan fingerprint density at radius 2 is 1.79 bits per heavy atom. The van der Waals surface area contributed by atoms with Gasteiger partial charge in [-0.25, -0.2) is 14.6 Å². The Hall–Kier alpha value is -3.33. The van der Waals surface area contributed by atoms with Gasteiger partial charge in [0.05, 0.1) is 5.69 Å². The van der Waals surface area contributed by atoms with E-state index in [9.17, 15) is 9.59 Å². The maximum absolute atomic E-state index is 12.4. The van der Waals surface area contributed by atoms with Crippen LogP contribution in [0.15, 0.2) is 36.5 Å². The van der Waals surface area contributed by atoms with Gasteiger partial charge in [-0.15, -0.1) is 0 Å². The zero-order valence-corrected chi connectivity index (χ0v) is 23.8. The van der Waals surface area contributed by atoms with Gasteiger partial charge in [-0.2, -0.15) is 0 Å². The summed E-state index contributed by atoms with van der Waals surface area (Å²) in [6.07, 6.45) is 3.78. The molecule has 2 fully saturated rings. The topological polar surface area (TPSA) is 87.2 Å². The summed E-state index contributed by atoms with van der Waals surface area (Å²) in [5.41, 5.74) is 3.83. The van der Waals surface area contributed by atoms with Crippen LogP contribution in [0.5, 0.6) is 0 Å². The first-order valence-electron chi connectivity index (χ1n) is 14.0. The Balaban J connectivity index is 1.18. The van der Waals surface area contributed by atoms with E-state index in [-0.39, 0.29) is 24.8 Å². The van der Waals surface area contributed by atoms with Crippen molar-refractivity contribution in [3.8, 4) is 0 Å². The Labute approximate surface area is 231 Å². The van der Waals surface area contributed by atoms with Crippen LogP contribution in [0.2, 0.25) is 0 Å². The Kier molecular flexibility index (Phi) is 7.71. The van der Waals surface area contributed by atoms with Crippen molar-refractivity contribution in [1.82, 2.24) is 14.8 Å². The van der Waals surface area contributed by atoms with Gasteiger partial charge in [0.15, 0.2) is 0 Å². The molecule has 39 heavy (non-hydrogen) atoms. The zero-order chi connectivity index (χ0) is 27.7. The first-order chi connectivity index (χ1) is 18.6. The summed E-state index contributed by atoms with van der Waals surface area (Å²) in [7, 11) is 1.71. The van der Waals surface area contributed by atoms with Crippen LogP contribution in [-0.4, -0.2) is 72.3 Å². The van der Waals surface area contributed by atoms with E-state index in [1.807, 2.05) is 31.7 Å². The highest BCUT2D eigenvalue weighted by atomic mass is 16.6. The summed E-state index contributed by atoms with van der Waals surface area (Å²) in [6, 6.07) is 10.9. The molecule has 2 atom stereocenters. The number of amides is 2. The molecule has 1 saturated heterocycles. The number of piperazine rings is 1. The lowest BCUT2D eigenvalue weighted by atomic mass is 9.91. The minimum atomic E-state index is -0.464. The van der Waals surface area contributed by atoms with E-state index in [0.717, 1.165) is 42.6 Å². The van der Waals surface area contributed by atoms with E-state index in [1.165, 1.54) is 28.9 Å². The number of hydrogen-bond donors (Lipinski definition) is 1. The first-order valence-corrected chi connectivity index (χ1v) is 14.0. The predicted molar refractivity (Wildman–Crippen MR) is 151 cm³/mol. The monoisotopic (exact) mass is 535 g/mol. The molecule has 9 nitrogen and oxygen atoms in total. The maximum Gasteiger partial charge on any atom is 0.414 e. The summed E-state index contributed by atoms with van der Waals surface area (Å²) >= 11 is 0. The lowest BCUT2D eigenvalue weighted by Gasteiger charge is -2.37. The van der Waals surface area contributed by atoms with E-state index in [1.54, 1.807) is 13.2 Å². The average molecular weight is 536 g/mol. The molecule has 0 bridgehead atoms. The second kappa shape index (κ2) is 11.0. The van der Waals surface area contributed by atoms with Gasteiger partial charge in [-0.05, 0) is 63.5 Å². The fraction of sp³-hybridized carbons (Fsp3) is 0.567. The van der Waals surface area contributed by atoms with Crippen molar-refractivity contribution >= 4 is 23.7 Å². The highest BCUT2D eigenvalue weighted by Gasteiger charge is 2.35. The van der Waals surface area contributed by atoms with Crippen molar-refractivity contribution in [2.75, 3.05) is 50.0 Å². The second-order valence-corrected chi connectivity index (χ2v) is 12.1. The maximum atomic E-state index is 12.4. The molecule has 2 aliphatic heterocycles. The third kappa shape index (κ3) is 6.64. The summed E-state index contributed by atoms with van der Waals surface area (Å²) in [5.74, 6) is 1.97. The van der Waals surface area contributed by atoms with Crippen LogP contribution in [-0.2, 0) is 16.1 Å².